The summed E-state index contributed by atoms with van der Waals surface area (Å²) in [5, 5.41) is 4.96. The molecule has 2 atom stereocenters. The summed E-state index contributed by atoms with van der Waals surface area (Å²) in [5.74, 6) is 0.739. The van der Waals surface area contributed by atoms with Crippen molar-refractivity contribution in [2.45, 2.75) is 52.5 Å². The highest BCUT2D eigenvalue weighted by atomic mass is 14.9. The van der Waals surface area contributed by atoms with Gasteiger partial charge in [0.2, 0.25) is 0 Å². The fourth-order valence-electron chi connectivity index (χ4n) is 3.06. The summed E-state index contributed by atoms with van der Waals surface area (Å²) in [6, 6.07) is 11.1. The number of rotatable bonds is 8. The van der Waals surface area contributed by atoms with Crippen molar-refractivity contribution in [3.63, 3.8) is 0 Å². The van der Waals surface area contributed by atoms with Crippen LogP contribution in [0, 0.1) is 5.92 Å². The lowest BCUT2D eigenvalue weighted by atomic mass is 9.91. The van der Waals surface area contributed by atoms with E-state index in [2.05, 4.69) is 55.3 Å². The van der Waals surface area contributed by atoms with Gasteiger partial charge in [0.15, 0.2) is 0 Å². The van der Waals surface area contributed by atoms with Gasteiger partial charge in [0, 0.05) is 17.6 Å². The van der Waals surface area contributed by atoms with Crippen LogP contribution < -0.4 is 5.32 Å². The van der Waals surface area contributed by atoms with Crippen LogP contribution in [0.3, 0.4) is 0 Å². The Morgan fingerprint density at radius 2 is 1.90 bits per heavy atom. The molecule has 0 aliphatic heterocycles. The van der Waals surface area contributed by atoms with Gasteiger partial charge in [-0.2, -0.15) is 0 Å². The first kappa shape index (κ1) is 16.0. The normalized spacial score (nSPS) is 14.2. The van der Waals surface area contributed by atoms with E-state index in [1.165, 1.54) is 30.2 Å². The zero-order valence-electron chi connectivity index (χ0n) is 13.6. The number of nitrogens with one attached hydrogen (secondary N) is 1. The molecular formula is C19H28N2. The Kier molecular flexibility index (Phi) is 6.19. The van der Waals surface area contributed by atoms with E-state index in [-0.39, 0.29) is 0 Å². The summed E-state index contributed by atoms with van der Waals surface area (Å²) in [6.07, 6.45) is 6.80. The van der Waals surface area contributed by atoms with Gasteiger partial charge in [-0.25, -0.2) is 0 Å². The Hall–Kier alpha value is -1.41. The first-order chi connectivity index (χ1) is 10.3. The fraction of sp³-hybridized carbons (Fsp3) is 0.526. The standard InChI is InChI=1S/C19H28N2/c1-4-8-15(3)14-18(20-12-5-2)17-11-6-9-16-10-7-13-21-19(16)17/h6-7,9-11,13,15,18,20H,4-5,8,12,14H2,1-3H3. The Morgan fingerprint density at radius 1 is 1.10 bits per heavy atom. The predicted molar refractivity (Wildman–Crippen MR) is 91.5 cm³/mol. The van der Waals surface area contributed by atoms with Crippen LogP contribution >= 0.6 is 0 Å². The molecule has 0 aliphatic carbocycles. The molecule has 2 unspecified atom stereocenters. The van der Waals surface area contributed by atoms with E-state index in [1.54, 1.807) is 0 Å². The molecule has 2 rings (SSSR count). The van der Waals surface area contributed by atoms with Gasteiger partial charge in [-0.05, 0) is 36.9 Å². The number of nitrogens with zero attached hydrogens (tertiary/aromatic N) is 1. The molecule has 0 saturated heterocycles. The molecule has 1 aromatic carbocycles. The number of benzene rings is 1. The van der Waals surface area contributed by atoms with Gasteiger partial charge in [-0.3, -0.25) is 4.98 Å². The first-order valence-electron chi connectivity index (χ1n) is 8.33. The molecule has 2 aromatic rings. The zero-order valence-corrected chi connectivity index (χ0v) is 13.6. The minimum Gasteiger partial charge on any atom is -0.310 e. The molecule has 2 nitrogen and oxygen atoms in total. The van der Waals surface area contributed by atoms with Crippen LogP contribution in [0.25, 0.3) is 10.9 Å². The van der Waals surface area contributed by atoms with Crippen LogP contribution in [0.15, 0.2) is 36.5 Å². The Morgan fingerprint density at radius 3 is 2.67 bits per heavy atom. The number of fused-ring (bicyclic) bond motifs is 1. The Balaban J connectivity index is 2.29. The molecule has 0 aliphatic rings. The SMILES string of the molecule is CCCNC(CC(C)CCC)c1cccc2cccnc12. The quantitative estimate of drug-likeness (QED) is 0.729. The van der Waals surface area contributed by atoms with Crippen LogP contribution in [0.2, 0.25) is 0 Å². The molecule has 0 amide bonds. The minimum atomic E-state index is 0.408. The number of hydrogen-bond acceptors (Lipinski definition) is 2. The van der Waals surface area contributed by atoms with Crippen LogP contribution in [0.4, 0.5) is 0 Å². The highest BCUT2D eigenvalue weighted by molar-refractivity contribution is 5.82. The maximum atomic E-state index is 4.62. The van der Waals surface area contributed by atoms with Crippen molar-refractivity contribution in [1.82, 2.24) is 10.3 Å². The van der Waals surface area contributed by atoms with Gasteiger partial charge >= 0.3 is 0 Å². The van der Waals surface area contributed by atoms with Gasteiger partial charge < -0.3 is 5.32 Å². The number of pyridine rings is 1. The van der Waals surface area contributed by atoms with E-state index in [0.29, 0.717) is 6.04 Å². The number of aromatic nitrogens is 1. The van der Waals surface area contributed by atoms with Crippen molar-refractivity contribution < 1.29 is 0 Å². The molecule has 0 saturated carbocycles. The lowest BCUT2D eigenvalue weighted by Gasteiger charge is -2.23. The van der Waals surface area contributed by atoms with Crippen molar-refractivity contribution in [2.24, 2.45) is 5.92 Å². The van der Waals surface area contributed by atoms with Crippen molar-refractivity contribution in [3.8, 4) is 0 Å². The molecule has 2 heteroatoms. The third kappa shape index (κ3) is 4.28. The molecule has 0 radical (unpaired) electrons. The topological polar surface area (TPSA) is 24.9 Å². The summed E-state index contributed by atoms with van der Waals surface area (Å²) in [7, 11) is 0. The molecule has 0 bridgehead atoms. The van der Waals surface area contributed by atoms with E-state index in [9.17, 15) is 0 Å². The maximum absolute atomic E-state index is 4.62. The van der Waals surface area contributed by atoms with Crippen molar-refractivity contribution in [3.05, 3.63) is 42.1 Å². The molecule has 21 heavy (non-hydrogen) atoms. The summed E-state index contributed by atoms with van der Waals surface area (Å²) < 4.78 is 0. The van der Waals surface area contributed by atoms with Gasteiger partial charge in [0.1, 0.15) is 0 Å². The highest BCUT2D eigenvalue weighted by Crippen LogP contribution is 2.28. The third-order valence-corrected chi connectivity index (χ3v) is 4.10. The molecular weight excluding hydrogens is 256 g/mol. The largest absolute Gasteiger partial charge is 0.310 e. The molecule has 1 heterocycles. The van der Waals surface area contributed by atoms with E-state index in [1.807, 2.05) is 12.3 Å². The van der Waals surface area contributed by atoms with Crippen molar-refractivity contribution in [2.75, 3.05) is 6.54 Å². The van der Waals surface area contributed by atoms with E-state index < -0.39 is 0 Å². The molecule has 1 N–H and O–H groups in total. The maximum Gasteiger partial charge on any atom is 0.0749 e. The van der Waals surface area contributed by atoms with E-state index in [0.717, 1.165) is 24.4 Å². The number of hydrogen-bond donors (Lipinski definition) is 1. The number of para-hydroxylation sites is 1. The second-order valence-electron chi connectivity index (χ2n) is 6.06. The van der Waals surface area contributed by atoms with Crippen molar-refractivity contribution >= 4 is 10.9 Å². The molecule has 0 spiro atoms. The van der Waals surface area contributed by atoms with Crippen molar-refractivity contribution in [1.29, 1.82) is 0 Å². The van der Waals surface area contributed by atoms with Gasteiger partial charge in [-0.1, -0.05) is 57.9 Å². The smallest absolute Gasteiger partial charge is 0.0749 e. The Labute approximate surface area is 129 Å². The monoisotopic (exact) mass is 284 g/mol. The third-order valence-electron chi connectivity index (χ3n) is 4.10. The second-order valence-corrected chi connectivity index (χ2v) is 6.06. The van der Waals surface area contributed by atoms with Crippen LogP contribution in [-0.4, -0.2) is 11.5 Å². The average molecular weight is 284 g/mol. The summed E-state index contributed by atoms with van der Waals surface area (Å²) >= 11 is 0. The fourth-order valence-corrected chi connectivity index (χ4v) is 3.06. The summed E-state index contributed by atoms with van der Waals surface area (Å²) in [4.78, 5) is 4.62. The minimum absolute atomic E-state index is 0.408. The Bertz CT molecular complexity index is 545. The van der Waals surface area contributed by atoms with Gasteiger partial charge in [0.25, 0.3) is 0 Å². The molecule has 1 aromatic heterocycles. The lowest BCUT2D eigenvalue weighted by Crippen LogP contribution is -2.24. The molecule has 0 fully saturated rings. The van der Waals surface area contributed by atoms with E-state index in [4.69, 9.17) is 0 Å². The van der Waals surface area contributed by atoms with E-state index >= 15 is 0 Å². The second kappa shape index (κ2) is 8.14. The summed E-state index contributed by atoms with van der Waals surface area (Å²) in [5.41, 5.74) is 2.50. The lowest BCUT2D eigenvalue weighted by molar-refractivity contribution is 0.391. The summed E-state index contributed by atoms with van der Waals surface area (Å²) in [6.45, 7) is 7.92. The van der Waals surface area contributed by atoms with Gasteiger partial charge in [0.05, 0.1) is 5.52 Å². The van der Waals surface area contributed by atoms with Crippen LogP contribution in [0.1, 0.15) is 58.1 Å². The van der Waals surface area contributed by atoms with Crippen LogP contribution in [-0.2, 0) is 0 Å². The van der Waals surface area contributed by atoms with Crippen LogP contribution in [0.5, 0.6) is 0 Å². The zero-order chi connectivity index (χ0) is 15.1. The van der Waals surface area contributed by atoms with Gasteiger partial charge in [-0.15, -0.1) is 0 Å². The molecule has 114 valence electrons. The predicted octanol–water partition coefficient (Wildman–Crippen LogP) is 5.10. The highest BCUT2D eigenvalue weighted by Gasteiger charge is 2.17. The average Bonchev–Trinajstić information content (AvgIpc) is 2.51. The first-order valence-corrected chi connectivity index (χ1v) is 8.33.